The Morgan fingerprint density at radius 1 is 1.36 bits per heavy atom. The predicted molar refractivity (Wildman–Crippen MR) is 93.5 cm³/mol. The lowest BCUT2D eigenvalue weighted by molar-refractivity contribution is -0.119. The Hall–Kier alpha value is -2.73. The molecule has 0 fully saturated rings. The molecule has 0 radical (unpaired) electrons. The van der Waals surface area contributed by atoms with Gasteiger partial charge in [-0.25, -0.2) is 14.4 Å². The van der Waals surface area contributed by atoms with Crippen LogP contribution >= 0.6 is 0 Å². The minimum absolute atomic E-state index is 0.287. The molecule has 2 heterocycles. The molecule has 3 rings (SSSR count). The van der Waals surface area contributed by atoms with Crippen LogP contribution in [0.3, 0.4) is 0 Å². The van der Waals surface area contributed by atoms with Crippen LogP contribution in [0.2, 0.25) is 0 Å². The second kappa shape index (κ2) is 7.03. The average Bonchev–Trinajstić information content (AvgIpc) is 2.98. The zero-order chi connectivity index (χ0) is 18.0. The molecule has 5 nitrogen and oxygen atoms in total. The van der Waals surface area contributed by atoms with Crippen LogP contribution in [0.5, 0.6) is 0 Å². The van der Waals surface area contributed by atoms with Gasteiger partial charge in [-0.05, 0) is 37.1 Å². The van der Waals surface area contributed by atoms with E-state index >= 15 is 0 Å². The summed E-state index contributed by atoms with van der Waals surface area (Å²) in [5.74, 6) is -0.588. The maximum Gasteiger partial charge on any atom is 0.279 e. The lowest BCUT2D eigenvalue weighted by Gasteiger charge is -2.26. The number of aryl methyl sites for hydroxylation is 1. The van der Waals surface area contributed by atoms with Gasteiger partial charge < -0.3 is 4.57 Å². The van der Waals surface area contributed by atoms with Crippen molar-refractivity contribution in [2.24, 2.45) is 7.05 Å². The second-order valence-electron chi connectivity index (χ2n) is 6.02. The molecular weight excluding hydrogens is 321 g/mol. The molecule has 0 aliphatic carbocycles. The molecule has 1 amide bonds. The SMILES string of the molecule is CON(C(=O)c1cnc2c(ccn2C)c1)C(C)Cc1ccccc1F. The zero-order valence-electron chi connectivity index (χ0n) is 14.4. The maximum absolute atomic E-state index is 13.9. The normalized spacial score (nSPS) is 12.3. The fraction of sp³-hybridized carbons (Fsp3) is 0.263. The Morgan fingerprint density at radius 3 is 2.84 bits per heavy atom. The Morgan fingerprint density at radius 2 is 2.12 bits per heavy atom. The molecule has 0 aliphatic rings. The largest absolute Gasteiger partial charge is 0.336 e. The van der Waals surface area contributed by atoms with Crippen LogP contribution in [0.4, 0.5) is 4.39 Å². The molecule has 1 unspecified atom stereocenters. The van der Waals surface area contributed by atoms with Gasteiger partial charge in [0, 0.05) is 24.8 Å². The van der Waals surface area contributed by atoms with Crippen molar-refractivity contribution in [3.8, 4) is 0 Å². The lowest BCUT2D eigenvalue weighted by atomic mass is 10.1. The van der Waals surface area contributed by atoms with E-state index in [0.29, 0.717) is 17.5 Å². The molecule has 0 spiro atoms. The van der Waals surface area contributed by atoms with Crippen molar-refractivity contribution in [2.45, 2.75) is 19.4 Å². The Balaban J connectivity index is 1.83. The number of carbonyl (C=O) groups is 1. The fourth-order valence-electron chi connectivity index (χ4n) is 2.93. The highest BCUT2D eigenvalue weighted by Crippen LogP contribution is 2.18. The van der Waals surface area contributed by atoms with Gasteiger partial charge >= 0.3 is 0 Å². The molecule has 0 aliphatic heterocycles. The Labute approximate surface area is 145 Å². The fourth-order valence-corrected chi connectivity index (χ4v) is 2.93. The molecule has 6 heteroatoms. The number of benzene rings is 1. The van der Waals surface area contributed by atoms with Crippen molar-refractivity contribution in [1.82, 2.24) is 14.6 Å². The van der Waals surface area contributed by atoms with E-state index in [1.807, 2.05) is 30.8 Å². The first-order valence-corrected chi connectivity index (χ1v) is 8.03. The number of hydrogen-bond donors (Lipinski definition) is 0. The van der Waals surface area contributed by atoms with Crippen LogP contribution in [-0.2, 0) is 18.3 Å². The lowest BCUT2D eigenvalue weighted by Crippen LogP contribution is -2.39. The van der Waals surface area contributed by atoms with Crippen LogP contribution in [0.1, 0.15) is 22.8 Å². The first-order chi connectivity index (χ1) is 12.0. The minimum atomic E-state index is -0.333. The van der Waals surface area contributed by atoms with Gasteiger partial charge in [0.1, 0.15) is 11.5 Å². The number of pyridine rings is 1. The van der Waals surface area contributed by atoms with E-state index in [1.165, 1.54) is 24.4 Å². The van der Waals surface area contributed by atoms with Crippen molar-refractivity contribution < 1.29 is 14.0 Å². The molecule has 0 N–H and O–H groups in total. The van der Waals surface area contributed by atoms with E-state index in [-0.39, 0.29) is 17.8 Å². The number of amides is 1. The minimum Gasteiger partial charge on any atom is -0.336 e. The van der Waals surface area contributed by atoms with Gasteiger partial charge in [-0.2, -0.15) is 0 Å². The summed E-state index contributed by atoms with van der Waals surface area (Å²) >= 11 is 0. The van der Waals surface area contributed by atoms with Crippen molar-refractivity contribution in [3.63, 3.8) is 0 Å². The number of halogens is 1. The first kappa shape index (κ1) is 17.1. The summed E-state index contributed by atoms with van der Waals surface area (Å²) in [7, 11) is 3.33. The zero-order valence-corrected chi connectivity index (χ0v) is 14.4. The summed E-state index contributed by atoms with van der Waals surface area (Å²) < 4.78 is 15.7. The highest BCUT2D eigenvalue weighted by Gasteiger charge is 2.23. The molecule has 3 aromatic rings. The average molecular weight is 341 g/mol. The van der Waals surface area contributed by atoms with Crippen LogP contribution in [0.25, 0.3) is 11.0 Å². The van der Waals surface area contributed by atoms with Gasteiger partial charge in [-0.1, -0.05) is 18.2 Å². The molecular formula is C19H20FN3O2. The standard InChI is InChI=1S/C19H20FN3O2/c1-13(10-14-6-4-5-7-17(14)20)23(25-3)19(24)16-11-15-8-9-22(2)18(15)21-12-16/h4-9,11-13H,10H2,1-3H3. The summed E-state index contributed by atoms with van der Waals surface area (Å²) in [5.41, 5.74) is 1.78. The van der Waals surface area contributed by atoms with Gasteiger partial charge in [-0.15, -0.1) is 0 Å². The van der Waals surface area contributed by atoms with Gasteiger partial charge in [0.25, 0.3) is 5.91 Å². The first-order valence-electron chi connectivity index (χ1n) is 8.03. The van der Waals surface area contributed by atoms with E-state index in [0.717, 1.165) is 11.0 Å². The number of nitrogens with zero attached hydrogens (tertiary/aromatic N) is 3. The number of rotatable bonds is 5. The molecule has 0 saturated heterocycles. The number of aromatic nitrogens is 2. The molecule has 25 heavy (non-hydrogen) atoms. The highest BCUT2D eigenvalue weighted by molar-refractivity contribution is 5.96. The monoisotopic (exact) mass is 341 g/mol. The Kier molecular flexibility index (Phi) is 4.81. The summed E-state index contributed by atoms with van der Waals surface area (Å²) in [5, 5.41) is 2.14. The Bertz CT molecular complexity index is 907. The number of fused-ring (bicyclic) bond motifs is 1. The summed E-state index contributed by atoms with van der Waals surface area (Å²) in [6.45, 7) is 1.82. The maximum atomic E-state index is 13.9. The van der Waals surface area contributed by atoms with E-state index in [2.05, 4.69) is 4.98 Å². The van der Waals surface area contributed by atoms with Gasteiger partial charge in [0.2, 0.25) is 0 Å². The number of hydroxylamine groups is 2. The predicted octanol–water partition coefficient (Wildman–Crippen LogP) is 3.35. The third-order valence-corrected chi connectivity index (χ3v) is 4.22. The van der Waals surface area contributed by atoms with Gasteiger partial charge in [0.05, 0.1) is 18.7 Å². The topological polar surface area (TPSA) is 47.4 Å². The van der Waals surface area contributed by atoms with Gasteiger partial charge in [-0.3, -0.25) is 9.63 Å². The molecule has 0 bridgehead atoms. The van der Waals surface area contributed by atoms with Crippen molar-refractivity contribution in [1.29, 1.82) is 0 Å². The molecule has 2 aromatic heterocycles. The molecule has 1 aromatic carbocycles. The number of hydrogen-bond acceptors (Lipinski definition) is 3. The third kappa shape index (κ3) is 3.39. The van der Waals surface area contributed by atoms with Crippen LogP contribution < -0.4 is 0 Å². The van der Waals surface area contributed by atoms with E-state index in [4.69, 9.17) is 4.84 Å². The van der Waals surface area contributed by atoms with E-state index in [1.54, 1.807) is 24.3 Å². The van der Waals surface area contributed by atoms with Crippen LogP contribution in [0.15, 0.2) is 48.8 Å². The smallest absolute Gasteiger partial charge is 0.279 e. The third-order valence-electron chi connectivity index (χ3n) is 4.22. The quantitative estimate of drug-likeness (QED) is 0.669. The number of carbonyl (C=O) groups excluding carboxylic acids is 1. The van der Waals surface area contributed by atoms with Crippen molar-refractivity contribution in [3.05, 3.63) is 65.7 Å². The molecule has 130 valence electrons. The molecule has 1 atom stereocenters. The summed E-state index contributed by atoms with van der Waals surface area (Å²) in [6.07, 6.45) is 3.78. The highest BCUT2D eigenvalue weighted by atomic mass is 19.1. The second-order valence-corrected chi connectivity index (χ2v) is 6.02. The van der Waals surface area contributed by atoms with Crippen molar-refractivity contribution in [2.75, 3.05) is 7.11 Å². The van der Waals surface area contributed by atoms with E-state index in [9.17, 15) is 9.18 Å². The summed E-state index contributed by atoms with van der Waals surface area (Å²) in [4.78, 5) is 22.4. The van der Waals surface area contributed by atoms with Crippen molar-refractivity contribution >= 4 is 16.9 Å². The van der Waals surface area contributed by atoms with Gasteiger partial charge in [0.15, 0.2) is 0 Å². The van der Waals surface area contributed by atoms with E-state index < -0.39 is 0 Å². The van der Waals surface area contributed by atoms with Crippen LogP contribution in [-0.4, -0.2) is 33.7 Å². The molecule has 0 saturated carbocycles. The van der Waals surface area contributed by atoms with Crippen LogP contribution in [0, 0.1) is 5.82 Å². The summed E-state index contributed by atoms with van der Waals surface area (Å²) in [6, 6.07) is 9.89.